The van der Waals surface area contributed by atoms with Crippen molar-refractivity contribution in [3.05, 3.63) is 0 Å². The Labute approximate surface area is 110 Å². The van der Waals surface area contributed by atoms with Crippen molar-refractivity contribution in [2.75, 3.05) is 7.11 Å². The van der Waals surface area contributed by atoms with Crippen molar-refractivity contribution in [3.8, 4) is 0 Å². The molecule has 0 aromatic heterocycles. The van der Waals surface area contributed by atoms with Gasteiger partial charge < -0.3 is 0 Å². The third-order valence-corrected chi connectivity index (χ3v) is 5.92. The van der Waals surface area contributed by atoms with E-state index in [0.717, 1.165) is 0 Å². The minimum atomic E-state index is -0.345. The van der Waals surface area contributed by atoms with E-state index in [-0.39, 0.29) is 27.1 Å². The molecule has 0 unspecified atom stereocenters. The summed E-state index contributed by atoms with van der Waals surface area (Å²) < 4.78 is 3.25. The van der Waals surface area contributed by atoms with E-state index in [9.17, 15) is 4.79 Å². The Morgan fingerprint density at radius 1 is 1.06 bits per heavy atom. The Bertz CT molecular complexity index is 134. The molecule has 0 atom stereocenters. The molecule has 4 heteroatoms. The number of rotatable bonds is 8. The Balaban J connectivity index is 0. The fourth-order valence-corrected chi connectivity index (χ4v) is 5.04. The molecule has 0 saturated heterocycles. The molecule has 0 aliphatic carbocycles. The first-order valence-corrected chi connectivity index (χ1v) is 10.2. The fraction of sp³-hybridized carbons (Fsp3) is 0.917. The molecule has 0 rings (SSSR count). The molecule has 2 radical (unpaired) electrons. The molecule has 96 valence electrons. The zero-order valence-electron chi connectivity index (χ0n) is 11.2. The van der Waals surface area contributed by atoms with Gasteiger partial charge in [0.25, 0.3) is 0 Å². The average molecular weight is 337 g/mol. The topological polar surface area (TPSA) is 35.5 Å². The standard InChI is InChI=1S/C4H8O3.2C4H9.Sn/c1-3-4(5)7-6-2;2*1-3-4-2;/h3H2,1-2H3;2*1,3-4H2,2H3;. The third-order valence-electron chi connectivity index (χ3n) is 1.88. The maximum absolute atomic E-state index is 10.1. The summed E-state index contributed by atoms with van der Waals surface area (Å²) in [5, 5.41) is 0. The second kappa shape index (κ2) is 17.6. The number of hydrogen-bond donors (Lipinski definition) is 0. The van der Waals surface area contributed by atoms with Crippen molar-refractivity contribution in [3.63, 3.8) is 0 Å². The van der Waals surface area contributed by atoms with Crippen molar-refractivity contribution < 1.29 is 14.6 Å². The van der Waals surface area contributed by atoms with Crippen LogP contribution in [-0.2, 0) is 14.6 Å². The summed E-state index contributed by atoms with van der Waals surface area (Å²) in [4.78, 5) is 18.2. The monoisotopic (exact) mass is 338 g/mol. The van der Waals surface area contributed by atoms with Gasteiger partial charge in [-0.2, -0.15) is 4.89 Å². The molecule has 0 aliphatic rings. The van der Waals surface area contributed by atoms with Crippen LogP contribution in [0.25, 0.3) is 0 Å². The summed E-state index contributed by atoms with van der Waals surface area (Å²) in [6, 6.07) is 0. The van der Waals surface area contributed by atoms with Crippen molar-refractivity contribution in [2.45, 2.75) is 61.7 Å². The molecule has 0 aromatic rings. The van der Waals surface area contributed by atoms with Gasteiger partial charge in [0.05, 0.1) is 7.11 Å². The first-order valence-electron chi connectivity index (χ1n) is 6.17. The number of carbonyl (C=O) groups excluding carboxylic acids is 1. The van der Waals surface area contributed by atoms with Crippen LogP contribution in [0, 0.1) is 0 Å². The second-order valence-electron chi connectivity index (χ2n) is 3.43. The van der Waals surface area contributed by atoms with Crippen molar-refractivity contribution in [1.82, 2.24) is 0 Å². The van der Waals surface area contributed by atoms with E-state index in [4.69, 9.17) is 0 Å². The molecule has 16 heavy (non-hydrogen) atoms. The number of hydrogen-bond acceptors (Lipinski definition) is 3. The van der Waals surface area contributed by atoms with E-state index in [2.05, 4.69) is 23.6 Å². The van der Waals surface area contributed by atoms with Crippen LogP contribution in [0.4, 0.5) is 0 Å². The summed E-state index contributed by atoms with van der Waals surface area (Å²) in [6.45, 7) is 6.28. The summed E-state index contributed by atoms with van der Waals surface area (Å²) in [5.74, 6) is -0.345. The van der Waals surface area contributed by atoms with Crippen molar-refractivity contribution in [1.29, 1.82) is 0 Å². The summed E-state index contributed by atoms with van der Waals surface area (Å²) in [7, 11) is 1.30. The minimum absolute atomic E-state index is 0.149. The molecule has 3 nitrogen and oxygen atoms in total. The van der Waals surface area contributed by atoms with Gasteiger partial charge in [0, 0.05) is 6.42 Å². The molecule has 0 spiro atoms. The number of carbonyl (C=O) groups is 1. The van der Waals surface area contributed by atoms with Gasteiger partial charge in [0.1, 0.15) is 0 Å². The summed E-state index contributed by atoms with van der Waals surface area (Å²) >= 11 is 0.149. The zero-order valence-corrected chi connectivity index (χ0v) is 14.0. The molecule has 0 fully saturated rings. The van der Waals surface area contributed by atoms with E-state index in [1.165, 1.54) is 32.8 Å². The molecule has 0 aliphatic heterocycles. The molecule has 0 amide bonds. The van der Waals surface area contributed by atoms with Gasteiger partial charge in [-0.05, 0) is 0 Å². The van der Waals surface area contributed by atoms with Gasteiger partial charge in [-0.3, -0.25) is 4.89 Å². The van der Waals surface area contributed by atoms with Crippen LogP contribution in [0.5, 0.6) is 0 Å². The van der Waals surface area contributed by atoms with E-state index in [1.807, 2.05) is 0 Å². The average Bonchev–Trinajstić information content (AvgIpc) is 2.30. The normalized spacial score (nSPS) is 9.25. The van der Waals surface area contributed by atoms with Crippen LogP contribution in [-0.4, -0.2) is 34.2 Å². The third kappa shape index (κ3) is 19.7. The molecule has 0 saturated carbocycles. The second-order valence-corrected chi connectivity index (χ2v) is 7.71. The van der Waals surface area contributed by atoms with Crippen LogP contribution in [0.3, 0.4) is 0 Å². The van der Waals surface area contributed by atoms with Crippen molar-refractivity contribution >= 4 is 27.1 Å². The Morgan fingerprint density at radius 2 is 1.56 bits per heavy atom. The zero-order chi connectivity index (χ0) is 12.6. The Hall–Kier alpha value is 0.229. The predicted octanol–water partition coefficient (Wildman–Crippen LogP) is 3.63. The number of unbranched alkanes of at least 4 members (excludes halogenated alkanes) is 2. The van der Waals surface area contributed by atoms with E-state index in [1.54, 1.807) is 15.8 Å². The predicted molar refractivity (Wildman–Crippen MR) is 68.6 cm³/mol. The molecular formula is C12H26O3Sn. The summed E-state index contributed by atoms with van der Waals surface area (Å²) in [6.07, 6.45) is 6.19. The van der Waals surface area contributed by atoms with Crippen molar-refractivity contribution in [2.24, 2.45) is 0 Å². The fourth-order valence-electron chi connectivity index (χ4n) is 0.880. The van der Waals surface area contributed by atoms with Crippen LogP contribution in [0.1, 0.15) is 52.9 Å². The molecule has 0 bridgehead atoms. The van der Waals surface area contributed by atoms with Gasteiger partial charge >= 0.3 is 75.5 Å². The summed E-state index contributed by atoms with van der Waals surface area (Å²) in [5.41, 5.74) is 0. The van der Waals surface area contributed by atoms with Gasteiger partial charge in [0.15, 0.2) is 0 Å². The van der Waals surface area contributed by atoms with Gasteiger partial charge in [0.2, 0.25) is 0 Å². The SMILES string of the molecule is CCC(=O)OOC.CCC[CH2][Sn][CH2]CCC. The van der Waals surface area contributed by atoms with Crippen LogP contribution in [0.2, 0.25) is 8.87 Å². The Morgan fingerprint density at radius 3 is 1.81 bits per heavy atom. The van der Waals surface area contributed by atoms with Crippen LogP contribution in [0.15, 0.2) is 0 Å². The molecule has 0 N–H and O–H groups in total. The van der Waals surface area contributed by atoms with Crippen LogP contribution < -0.4 is 0 Å². The van der Waals surface area contributed by atoms with Gasteiger partial charge in [-0.1, -0.05) is 6.92 Å². The van der Waals surface area contributed by atoms with Crippen LogP contribution >= 0.6 is 0 Å². The quantitative estimate of drug-likeness (QED) is 0.294. The Kier molecular flexibility index (Phi) is 20.5. The van der Waals surface area contributed by atoms with E-state index < -0.39 is 0 Å². The van der Waals surface area contributed by atoms with E-state index in [0.29, 0.717) is 6.42 Å². The molecule has 0 aromatic carbocycles. The maximum atomic E-state index is 10.1. The van der Waals surface area contributed by atoms with E-state index >= 15 is 0 Å². The van der Waals surface area contributed by atoms with Gasteiger partial charge in [-0.25, -0.2) is 4.79 Å². The first kappa shape index (κ1) is 18.6. The van der Waals surface area contributed by atoms with Gasteiger partial charge in [-0.15, -0.1) is 0 Å². The molecular weight excluding hydrogens is 311 g/mol. The first-order chi connectivity index (χ1) is 7.72. The molecule has 0 heterocycles.